The predicted octanol–water partition coefficient (Wildman–Crippen LogP) is 4.53. The average molecular weight is 293 g/mol. The van der Waals surface area contributed by atoms with E-state index in [-0.39, 0.29) is 0 Å². The van der Waals surface area contributed by atoms with Gasteiger partial charge in [-0.25, -0.2) is 4.98 Å². The minimum absolute atomic E-state index is 0.817. The summed E-state index contributed by atoms with van der Waals surface area (Å²) in [6.07, 6.45) is 6.67. The Morgan fingerprint density at radius 1 is 1.05 bits per heavy atom. The molecular weight excluding hydrogens is 270 g/mol. The van der Waals surface area contributed by atoms with Crippen molar-refractivity contribution in [1.29, 1.82) is 0 Å². The van der Waals surface area contributed by atoms with Crippen LogP contribution in [0.3, 0.4) is 0 Å². The van der Waals surface area contributed by atoms with E-state index >= 15 is 0 Å². The Hall–Kier alpha value is -2.42. The van der Waals surface area contributed by atoms with Crippen LogP contribution in [0.1, 0.15) is 20.3 Å². The van der Waals surface area contributed by atoms with Crippen molar-refractivity contribution in [2.75, 3.05) is 18.0 Å². The van der Waals surface area contributed by atoms with Crippen LogP contribution in [0.15, 0.2) is 66.9 Å². The van der Waals surface area contributed by atoms with Crippen LogP contribution in [0, 0.1) is 0 Å². The smallest absolute Gasteiger partial charge is 0.148 e. The van der Waals surface area contributed by atoms with E-state index in [9.17, 15) is 0 Å². The van der Waals surface area contributed by atoms with E-state index in [4.69, 9.17) is 4.98 Å². The van der Waals surface area contributed by atoms with Gasteiger partial charge in [-0.05, 0) is 29.7 Å². The van der Waals surface area contributed by atoms with E-state index < -0.39 is 0 Å². The largest absolute Gasteiger partial charge is 0.351 e. The van der Waals surface area contributed by atoms with Gasteiger partial charge in [0, 0.05) is 13.1 Å². The number of benzene rings is 1. The molecule has 3 rings (SSSR count). The van der Waals surface area contributed by atoms with E-state index in [2.05, 4.69) is 23.0 Å². The van der Waals surface area contributed by atoms with Crippen LogP contribution in [0.5, 0.6) is 0 Å². The molecule has 1 aliphatic heterocycles. The van der Waals surface area contributed by atoms with Crippen LogP contribution < -0.4 is 4.90 Å². The first-order valence-corrected chi connectivity index (χ1v) is 7.75. The van der Waals surface area contributed by atoms with Gasteiger partial charge in [0.25, 0.3) is 0 Å². The molecule has 0 N–H and O–H groups in total. The van der Waals surface area contributed by atoms with Gasteiger partial charge in [0.05, 0.1) is 17.2 Å². The molecule has 0 amide bonds. The van der Waals surface area contributed by atoms with Gasteiger partial charge >= 0.3 is 0 Å². The number of hydrogen-bond acceptors (Lipinski definition) is 3. The lowest BCUT2D eigenvalue weighted by Crippen LogP contribution is -2.31. The molecule has 0 radical (unpaired) electrons. The lowest BCUT2D eigenvalue weighted by atomic mass is 10.0. The van der Waals surface area contributed by atoms with Gasteiger partial charge in [-0.1, -0.05) is 51.3 Å². The highest BCUT2D eigenvalue weighted by Crippen LogP contribution is 2.24. The first-order valence-electron chi connectivity index (χ1n) is 7.75. The minimum Gasteiger partial charge on any atom is -0.351 e. The lowest BCUT2D eigenvalue weighted by molar-refractivity contribution is 0.769. The van der Waals surface area contributed by atoms with E-state index in [0.717, 1.165) is 36.4 Å². The highest BCUT2D eigenvalue weighted by Gasteiger charge is 2.17. The third-order valence-corrected chi connectivity index (χ3v) is 3.68. The molecule has 2 heterocycles. The number of nitrogens with zero attached hydrogens (tertiary/aromatic N) is 3. The number of aromatic nitrogens is 2. The van der Waals surface area contributed by atoms with Crippen molar-refractivity contribution in [3.05, 3.63) is 66.9 Å². The van der Waals surface area contributed by atoms with Crippen molar-refractivity contribution in [2.45, 2.75) is 20.3 Å². The first-order chi connectivity index (χ1) is 10.8. The van der Waals surface area contributed by atoms with Crippen LogP contribution >= 0.6 is 0 Å². The number of anilines is 1. The fraction of sp³-hybridized carbons (Fsp3) is 0.263. The molecule has 0 atom stereocenters. The van der Waals surface area contributed by atoms with Gasteiger partial charge in [0.15, 0.2) is 0 Å². The molecule has 3 nitrogen and oxygen atoms in total. The van der Waals surface area contributed by atoms with Crippen molar-refractivity contribution >= 4 is 16.9 Å². The number of allylic oxidation sites excluding steroid dienone is 1. The normalized spacial score (nSPS) is 14.4. The average Bonchev–Trinajstić information content (AvgIpc) is 2.62. The van der Waals surface area contributed by atoms with Gasteiger partial charge in [0.2, 0.25) is 0 Å². The highest BCUT2D eigenvalue weighted by molar-refractivity contribution is 5.75. The Labute approximate surface area is 132 Å². The van der Waals surface area contributed by atoms with Crippen LogP contribution in [-0.2, 0) is 0 Å². The summed E-state index contributed by atoms with van der Waals surface area (Å²) in [4.78, 5) is 11.4. The van der Waals surface area contributed by atoms with E-state index in [0.29, 0.717) is 0 Å². The number of para-hydroxylation sites is 2. The van der Waals surface area contributed by atoms with Crippen LogP contribution in [-0.4, -0.2) is 23.1 Å². The summed E-state index contributed by atoms with van der Waals surface area (Å²) in [5.74, 6) is 0.922. The highest BCUT2D eigenvalue weighted by atomic mass is 15.2. The molecule has 1 aliphatic rings. The molecule has 22 heavy (non-hydrogen) atoms. The summed E-state index contributed by atoms with van der Waals surface area (Å²) in [6.45, 7) is 13.5. The van der Waals surface area contributed by atoms with E-state index in [1.807, 2.05) is 56.5 Å². The Bertz CT molecular complexity index is 701. The molecule has 2 aromatic rings. The van der Waals surface area contributed by atoms with E-state index in [1.54, 1.807) is 0 Å². The van der Waals surface area contributed by atoms with Crippen LogP contribution in [0.25, 0.3) is 11.0 Å². The van der Waals surface area contributed by atoms with Crippen molar-refractivity contribution in [3.8, 4) is 0 Å². The van der Waals surface area contributed by atoms with Crippen LogP contribution in [0.2, 0.25) is 0 Å². The number of hydrogen-bond donors (Lipinski definition) is 0. The second-order valence-electron chi connectivity index (χ2n) is 4.85. The van der Waals surface area contributed by atoms with Crippen LogP contribution in [0.4, 0.5) is 5.82 Å². The first kappa shape index (κ1) is 16.0. The zero-order valence-electron chi connectivity index (χ0n) is 13.4. The molecule has 0 saturated carbocycles. The zero-order chi connectivity index (χ0) is 15.9. The third-order valence-electron chi connectivity index (χ3n) is 3.68. The van der Waals surface area contributed by atoms with Crippen molar-refractivity contribution < 1.29 is 0 Å². The van der Waals surface area contributed by atoms with E-state index in [1.165, 1.54) is 11.1 Å². The Balaban J connectivity index is 0.000000847. The quantitative estimate of drug-likeness (QED) is 0.832. The summed E-state index contributed by atoms with van der Waals surface area (Å²) >= 11 is 0. The topological polar surface area (TPSA) is 29.0 Å². The summed E-state index contributed by atoms with van der Waals surface area (Å²) in [7, 11) is 0. The summed E-state index contributed by atoms with van der Waals surface area (Å²) in [5.41, 5.74) is 4.37. The maximum atomic E-state index is 4.70. The second kappa shape index (κ2) is 7.55. The zero-order valence-corrected chi connectivity index (χ0v) is 13.4. The molecule has 3 heteroatoms. The SMILES string of the molecule is C=CC1=C(C=C)CN(c2cnc3ccccc3n2)CC1.CC. The Morgan fingerprint density at radius 3 is 2.41 bits per heavy atom. The molecule has 0 aliphatic carbocycles. The fourth-order valence-electron chi connectivity index (χ4n) is 2.53. The molecule has 0 spiro atoms. The van der Waals surface area contributed by atoms with Crippen molar-refractivity contribution in [3.63, 3.8) is 0 Å². The van der Waals surface area contributed by atoms with Gasteiger partial charge < -0.3 is 4.90 Å². The summed E-state index contributed by atoms with van der Waals surface area (Å²) < 4.78 is 0. The summed E-state index contributed by atoms with van der Waals surface area (Å²) in [5, 5.41) is 0. The molecular formula is C19H23N3. The summed E-state index contributed by atoms with van der Waals surface area (Å²) in [6, 6.07) is 7.94. The van der Waals surface area contributed by atoms with Crippen molar-refractivity contribution in [2.24, 2.45) is 0 Å². The Kier molecular flexibility index (Phi) is 5.48. The standard InChI is InChI=1S/C17H17N3.C2H6/c1-3-13-9-10-20(12-14(13)4-2)17-11-18-15-7-5-6-8-16(15)19-17;1-2/h3-8,11H,1-2,9-10,12H2;1-2H3. The molecule has 1 aromatic carbocycles. The second-order valence-corrected chi connectivity index (χ2v) is 4.85. The molecule has 0 bridgehead atoms. The molecule has 0 fully saturated rings. The number of fused-ring (bicyclic) bond motifs is 1. The molecule has 1 aromatic heterocycles. The van der Waals surface area contributed by atoms with Gasteiger partial charge in [-0.15, -0.1) is 0 Å². The molecule has 0 saturated heterocycles. The molecule has 114 valence electrons. The van der Waals surface area contributed by atoms with Crippen molar-refractivity contribution in [1.82, 2.24) is 9.97 Å². The maximum absolute atomic E-state index is 4.70. The maximum Gasteiger partial charge on any atom is 0.148 e. The lowest BCUT2D eigenvalue weighted by Gasteiger charge is -2.29. The third kappa shape index (κ3) is 3.25. The van der Waals surface area contributed by atoms with Gasteiger partial charge in [-0.2, -0.15) is 0 Å². The predicted molar refractivity (Wildman–Crippen MR) is 95.1 cm³/mol. The monoisotopic (exact) mass is 293 g/mol. The fourth-order valence-corrected chi connectivity index (χ4v) is 2.53. The Morgan fingerprint density at radius 2 is 1.73 bits per heavy atom. The van der Waals surface area contributed by atoms with Gasteiger partial charge in [0.1, 0.15) is 5.82 Å². The minimum atomic E-state index is 0.817. The molecule has 0 unspecified atom stereocenters. The number of rotatable bonds is 3. The van der Waals surface area contributed by atoms with Gasteiger partial charge in [-0.3, -0.25) is 4.98 Å².